The first-order chi connectivity index (χ1) is 15.6. The maximum Gasteiger partial charge on any atom is 0.274 e. The molecule has 2 heterocycles. The van der Waals surface area contributed by atoms with Crippen molar-refractivity contribution in [2.45, 2.75) is 31.6 Å². The van der Waals surface area contributed by atoms with E-state index in [1.807, 2.05) is 32.0 Å². The number of nitrogens with one attached hydrogen (secondary N) is 1. The van der Waals surface area contributed by atoms with E-state index in [1.54, 1.807) is 37.0 Å². The van der Waals surface area contributed by atoms with E-state index < -0.39 is 10.0 Å². The zero-order chi connectivity index (χ0) is 24.3. The quantitative estimate of drug-likeness (QED) is 0.483. The first-order valence-corrected chi connectivity index (χ1v) is 12.5. The molecule has 2 aromatic heterocycles. The Labute approximate surface area is 195 Å². The molecule has 3 aromatic rings. The number of ether oxygens (including phenoxy) is 1. The van der Waals surface area contributed by atoms with E-state index in [0.717, 1.165) is 23.9 Å². The van der Waals surface area contributed by atoms with Crippen molar-refractivity contribution in [2.75, 3.05) is 40.8 Å². The highest BCUT2D eigenvalue weighted by Gasteiger charge is 2.23. The highest BCUT2D eigenvalue weighted by molar-refractivity contribution is 7.89. The second-order valence-electron chi connectivity index (χ2n) is 8.32. The van der Waals surface area contributed by atoms with Gasteiger partial charge in [-0.2, -0.15) is 9.40 Å². The van der Waals surface area contributed by atoms with Gasteiger partial charge in [-0.3, -0.25) is 9.48 Å². The number of fused-ring (bicyclic) bond motifs is 1. The van der Waals surface area contributed by atoms with Crippen molar-refractivity contribution in [3.8, 4) is 17.0 Å². The molecule has 0 saturated heterocycles. The Morgan fingerprint density at radius 2 is 1.85 bits per heavy atom. The van der Waals surface area contributed by atoms with Crippen molar-refractivity contribution in [1.82, 2.24) is 24.0 Å². The van der Waals surface area contributed by atoms with Gasteiger partial charge in [-0.15, -0.1) is 0 Å². The van der Waals surface area contributed by atoms with Crippen LogP contribution in [0.15, 0.2) is 34.0 Å². The number of aromatic nitrogens is 3. The smallest absolute Gasteiger partial charge is 0.274 e. The number of hydrogen-bond acceptors (Lipinski definition) is 6. The van der Waals surface area contributed by atoms with E-state index in [9.17, 15) is 13.2 Å². The van der Waals surface area contributed by atoms with Gasteiger partial charge in [-0.25, -0.2) is 8.42 Å². The van der Waals surface area contributed by atoms with E-state index in [-0.39, 0.29) is 10.5 Å². The number of pyridine rings is 1. The Balaban J connectivity index is 2.16. The van der Waals surface area contributed by atoms with Crippen LogP contribution >= 0.6 is 0 Å². The van der Waals surface area contributed by atoms with Gasteiger partial charge in [-0.05, 0) is 51.7 Å². The van der Waals surface area contributed by atoms with Crippen molar-refractivity contribution < 1.29 is 13.2 Å². The van der Waals surface area contributed by atoms with Gasteiger partial charge in [0.2, 0.25) is 10.0 Å². The summed E-state index contributed by atoms with van der Waals surface area (Å²) in [6, 6.07) is 6.61. The highest BCUT2D eigenvalue weighted by atomic mass is 32.2. The fraction of sp³-hybridized carbons (Fsp3) is 0.478. The maximum absolute atomic E-state index is 13.2. The minimum Gasteiger partial charge on any atom is -0.493 e. The molecule has 0 fully saturated rings. The van der Waals surface area contributed by atoms with Crippen LogP contribution in [0.2, 0.25) is 0 Å². The van der Waals surface area contributed by atoms with Crippen LogP contribution in [-0.2, 0) is 23.5 Å². The fourth-order valence-electron chi connectivity index (χ4n) is 3.75. The van der Waals surface area contributed by atoms with Gasteiger partial charge in [-0.1, -0.05) is 13.3 Å². The molecule has 33 heavy (non-hydrogen) atoms. The summed E-state index contributed by atoms with van der Waals surface area (Å²) in [7, 11) is 3.39. The zero-order valence-electron chi connectivity index (χ0n) is 20.2. The van der Waals surface area contributed by atoms with Crippen molar-refractivity contribution in [3.05, 3.63) is 40.3 Å². The molecule has 9 nitrogen and oxygen atoms in total. The van der Waals surface area contributed by atoms with Crippen molar-refractivity contribution >= 4 is 20.9 Å². The van der Waals surface area contributed by atoms with E-state index >= 15 is 0 Å². The molecule has 0 radical (unpaired) electrons. The average molecular weight is 476 g/mol. The van der Waals surface area contributed by atoms with E-state index in [4.69, 9.17) is 4.74 Å². The summed E-state index contributed by atoms with van der Waals surface area (Å²) in [4.78, 5) is 17.9. The molecule has 3 rings (SSSR count). The number of aromatic amines is 1. The lowest BCUT2D eigenvalue weighted by Gasteiger charge is -2.20. The van der Waals surface area contributed by atoms with Crippen LogP contribution in [-0.4, -0.2) is 73.2 Å². The number of H-pyrrole nitrogens is 1. The fourth-order valence-corrected chi connectivity index (χ4v) is 4.94. The number of likely N-dealkylation sites (N-methyl/N-ethyl adjacent to an activating group) is 2. The summed E-state index contributed by atoms with van der Waals surface area (Å²) in [5.41, 5.74) is 2.07. The number of hydrogen-bond donors (Lipinski definition) is 1. The summed E-state index contributed by atoms with van der Waals surface area (Å²) in [6.07, 6.45) is 1.63. The number of nitrogens with zero attached hydrogens (tertiary/aromatic N) is 4. The minimum absolute atomic E-state index is 0.142. The molecule has 0 aliphatic heterocycles. The third kappa shape index (κ3) is 5.13. The molecule has 0 aliphatic rings. The molecule has 1 N–H and O–H groups in total. The molecule has 0 aliphatic carbocycles. The van der Waals surface area contributed by atoms with Gasteiger partial charge in [0, 0.05) is 38.1 Å². The van der Waals surface area contributed by atoms with Gasteiger partial charge in [0.25, 0.3) is 5.56 Å². The van der Waals surface area contributed by atoms with E-state index in [1.165, 1.54) is 4.31 Å². The van der Waals surface area contributed by atoms with Crippen molar-refractivity contribution in [2.24, 2.45) is 7.05 Å². The molecule has 0 saturated carbocycles. The Kier molecular flexibility index (Phi) is 7.61. The summed E-state index contributed by atoms with van der Waals surface area (Å²) in [5, 5.41) is 5.27. The van der Waals surface area contributed by atoms with Crippen LogP contribution in [0, 0.1) is 0 Å². The Morgan fingerprint density at radius 1 is 1.12 bits per heavy atom. The predicted octanol–water partition coefficient (Wildman–Crippen LogP) is 2.46. The largest absolute Gasteiger partial charge is 0.493 e. The third-order valence-corrected chi connectivity index (χ3v) is 7.36. The molecule has 0 amide bonds. The molecule has 0 atom stereocenters. The van der Waals surface area contributed by atoms with Crippen LogP contribution < -0.4 is 10.3 Å². The second-order valence-corrected chi connectivity index (χ2v) is 10.4. The Morgan fingerprint density at radius 3 is 2.48 bits per heavy atom. The van der Waals surface area contributed by atoms with Gasteiger partial charge in [0.1, 0.15) is 11.3 Å². The molecule has 0 unspecified atom stereocenters. The van der Waals surface area contributed by atoms with E-state index in [2.05, 4.69) is 17.0 Å². The number of sulfonamides is 1. The summed E-state index contributed by atoms with van der Waals surface area (Å²) >= 11 is 0. The summed E-state index contributed by atoms with van der Waals surface area (Å²) in [6.45, 7) is 5.28. The minimum atomic E-state index is -3.72. The number of rotatable bonds is 10. The Hall–Kier alpha value is -2.69. The van der Waals surface area contributed by atoms with Gasteiger partial charge in [0.15, 0.2) is 0 Å². The highest BCUT2D eigenvalue weighted by Crippen LogP contribution is 2.33. The van der Waals surface area contributed by atoms with Crippen LogP contribution in [0.25, 0.3) is 22.2 Å². The SMILES string of the molecule is CCCc1nn(C)c2c(=O)[nH]c(-c3cc(S(=O)(=O)N(C)CCN(C)C)ccc3OCC)cc12. The lowest BCUT2D eigenvalue weighted by Crippen LogP contribution is -2.33. The third-order valence-electron chi connectivity index (χ3n) is 5.51. The van der Waals surface area contributed by atoms with Crippen molar-refractivity contribution in [1.29, 1.82) is 0 Å². The summed E-state index contributed by atoms with van der Waals surface area (Å²) in [5.74, 6) is 0.503. The molecule has 0 spiro atoms. The summed E-state index contributed by atoms with van der Waals surface area (Å²) < 4.78 is 35.1. The first-order valence-electron chi connectivity index (χ1n) is 11.1. The first kappa shape index (κ1) is 24.9. The maximum atomic E-state index is 13.2. The number of benzene rings is 1. The van der Waals surface area contributed by atoms with Crippen LogP contribution in [0.3, 0.4) is 0 Å². The van der Waals surface area contributed by atoms with E-state index in [0.29, 0.717) is 42.2 Å². The zero-order valence-corrected chi connectivity index (χ0v) is 21.0. The second kappa shape index (κ2) is 10.1. The molecule has 10 heteroatoms. The van der Waals surface area contributed by atoms with Crippen LogP contribution in [0.4, 0.5) is 0 Å². The van der Waals surface area contributed by atoms with Crippen LogP contribution in [0.1, 0.15) is 26.0 Å². The lowest BCUT2D eigenvalue weighted by molar-refractivity contribution is 0.341. The molecular formula is C23H33N5O4S. The Bertz CT molecular complexity index is 1290. The van der Waals surface area contributed by atoms with Crippen LogP contribution in [0.5, 0.6) is 5.75 Å². The monoisotopic (exact) mass is 475 g/mol. The molecule has 0 bridgehead atoms. The number of aryl methyl sites for hydroxylation is 2. The molecule has 180 valence electrons. The predicted molar refractivity (Wildman–Crippen MR) is 130 cm³/mol. The lowest BCUT2D eigenvalue weighted by atomic mass is 10.1. The topological polar surface area (TPSA) is 101 Å². The van der Waals surface area contributed by atoms with Crippen molar-refractivity contribution in [3.63, 3.8) is 0 Å². The van der Waals surface area contributed by atoms with Gasteiger partial charge < -0.3 is 14.6 Å². The normalized spacial score (nSPS) is 12.2. The van der Waals surface area contributed by atoms with Gasteiger partial charge in [0.05, 0.1) is 22.9 Å². The molecular weight excluding hydrogens is 442 g/mol. The molecule has 1 aromatic carbocycles. The average Bonchev–Trinajstić information content (AvgIpc) is 3.08. The van der Waals surface area contributed by atoms with Gasteiger partial charge >= 0.3 is 0 Å². The standard InChI is InChI=1S/C23H33N5O4S/c1-7-9-19-18-15-20(24-23(29)22(18)28(6)25-19)17-14-16(10-11-21(17)32-8-2)33(30,31)27(5)13-12-26(3)4/h10-11,14-15H,7-9,12-13H2,1-6H3,(H,24,29).